The fourth-order valence-corrected chi connectivity index (χ4v) is 2.80. The third-order valence-electron chi connectivity index (χ3n) is 4.14. The molecule has 2 aliphatic rings. The van der Waals surface area contributed by atoms with Gasteiger partial charge in [-0.15, -0.1) is 0 Å². The number of hydrogen-bond donors (Lipinski definition) is 1. The third kappa shape index (κ3) is 3.72. The molecule has 0 aromatic rings. The zero-order chi connectivity index (χ0) is 11.2. The highest BCUT2D eigenvalue weighted by Gasteiger charge is 2.19. The average Bonchev–Trinajstić information content (AvgIpc) is 2.24. The molecule has 2 heterocycles. The van der Waals surface area contributed by atoms with E-state index in [0.29, 0.717) is 6.61 Å². The highest BCUT2D eigenvalue weighted by atomic mass is 16.3. The molecule has 94 valence electrons. The van der Waals surface area contributed by atoms with Crippen molar-refractivity contribution in [2.45, 2.75) is 32.1 Å². The van der Waals surface area contributed by atoms with Gasteiger partial charge in [-0.05, 0) is 77.3 Å². The number of nitrogens with zero attached hydrogens (tertiary/aromatic N) is 2. The second-order valence-electron chi connectivity index (χ2n) is 5.35. The summed E-state index contributed by atoms with van der Waals surface area (Å²) in [7, 11) is 0. The molecule has 3 nitrogen and oxygen atoms in total. The van der Waals surface area contributed by atoms with Crippen LogP contribution < -0.4 is 0 Å². The van der Waals surface area contributed by atoms with E-state index in [0.717, 1.165) is 12.3 Å². The van der Waals surface area contributed by atoms with Crippen LogP contribution in [0.4, 0.5) is 0 Å². The molecule has 16 heavy (non-hydrogen) atoms. The van der Waals surface area contributed by atoms with Crippen molar-refractivity contribution in [2.24, 2.45) is 5.92 Å². The van der Waals surface area contributed by atoms with E-state index in [4.69, 9.17) is 5.11 Å². The van der Waals surface area contributed by atoms with Crippen molar-refractivity contribution in [1.29, 1.82) is 0 Å². The quantitative estimate of drug-likeness (QED) is 0.736. The van der Waals surface area contributed by atoms with Crippen LogP contribution in [0, 0.1) is 5.92 Å². The number of rotatable bonds is 6. The maximum Gasteiger partial charge on any atom is 0.0433 e. The smallest absolute Gasteiger partial charge is 0.0433 e. The summed E-state index contributed by atoms with van der Waals surface area (Å²) in [5.41, 5.74) is 0. The minimum Gasteiger partial charge on any atom is -0.396 e. The normalized spacial score (nSPS) is 24.6. The van der Waals surface area contributed by atoms with E-state index < -0.39 is 0 Å². The zero-order valence-corrected chi connectivity index (χ0v) is 10.4. The molecule has 2 fully saturated rings. The van der Waals surface area contributed by atoms with Gasteiger partial charge in [0, 0.05) is 6.61 Å². The molecule has 0 unspecified atom stereocenters. The van der Waals surface area contributed by atoms with Crippen molar-refractivity contribution in [3.05, 3.63) is 0 Å². The van der Waals surface area contributed by atoms with Gasteiger partial charge >= 0.3 is 0 Å². The van der Waals surface area contributed by atoms with Crippen LogP contribution in [0.1, 0.15) is 32.1 Å². The van der Waals surface area contributed by atoms with Crippen molar-refractivity contribution in [2.75, 3.05) is 45.9 Å². The largest absolute Gasteiger partial charge is 0.396 e. The summed E-state index contributed by atoms with van der Waals surface area (Å²) < 4.78 is 0. The summed E-state index contributed by atoms with van der Waals surface area (Å²) >= 11 is 0. The molecule has 0 amide bonds. The van der Waals surface area contributed by atoms with Gasteiger partial charge in [0.2, 0.25) is 0 Å². The topological polar surface area (TPSA) is 26.7 Å². The molecule has 0 aromatic heterocycles. The second kappa shape index (κ2) is 6.58. The lowest BCUT2D eigenvalue weighted by Gasteiger charge is -2.34. The molecule has 2 rings (SSSR count). The molecular weight excluding hydrogens is 200 g/mol. The van der Waals surface area contributed by atoms with E-state index >= 15 is 0 Å². The van der Waals surface area contributed by atoms with E-state index in [1.54, 1.807) is 0 Å². The van der Waals surface area contributed by atoms with Crippen LogP contribution >= 0.6 is 0 Å². The highest BCUT2D eigenvalue weighted by molar-refractivity contribution is 4.73. The summed E-state index contributed by atoms with van der Waals surface area (Å²) in [5, 5.41) is 8.90. The Balaban J connectivity index is 1.51. The first-order valence-corrected chi connectivity index (χ1v) is 6.94. The van der Waals surface area contributed by atoms with Crippen LogP contribution in [0.3, 0.4) is 0 Å². The maximum atomic E-state index is 8.90. The summed E-state index contributed by atoms with van der Waals surface area (Å²) in [6.45, 7) is 8.13. The van der Waals surface area contributed by atoms with E-state index in [9.17, 15) is 0 Å². The molecule has 0 aromatic carbocycles. The van der Waals surface area contributed by atoms with Crippen molar-refractivity contribution in [3.8, 4) is 0 Å². The van der Waals surface area contributed by atoms with Gasteiger partial charge in [-0.25, -0.2) is 0 Å². The molecule has 0 atom stereocenters. The predicted molar refractivity (Wildman–Crippen MR) is 66.5 cm³/mol. The standard InChI is InChI=1S/C13H26N2O/c16-12-5-13-3-10-15(11-4-13)9-2-8-14-6-1-7-14/h13,16H,1-12H2. The highest BCUT2D eigenvalue weighted by Crippen LogP contribution is 2.20. The predicted octanol–water partition coefficient (Wildman–Crippen LogP) is 1.18. The van der Waals surface area contributed by atoms with Gasteiger partial charge in [0.25, 0.3) is 0 Å². The molecule has 1 N–H and O–H groups in total. The minimum absolute atomic E-state index is 0.375. The minimum atomic E-state index is 0.375. The fourth-order valence-electron chi connectivity index (χ4n) is 2.80. The lowest BCUT2D eigenvalue weighted by molar-refractivity contribution is 0.137. The fraction of sp³-hybridized carbons (Fsp3) is 1.00. The Hall–Kier alpha value is -0.120. The Kier molecular flexibility index (Phi) is 5.07. The number of aliphatic hydroxyl groups excluding tert-OH is 1. The van der Waals surface area contributed by atoms with Crippen molar-refractivity contribution in [3.63, 3.8) is 0 Å². The average molecular weight is 226 g/mol. The van der Waals surface area contributed by atoms with Gasteiger partial charge < -0.3 is 14.9 Å². The number of hydrogen-bond acceptors (Lipinski definition) is 3. The molecule has 3 heteroatoms. The van der Waals surface area contributed by atoms with Gasteiger partial charge in [-0.1, -0.05) is 0 Å². The summed E-state index contributed by atoms with van der Waals surface area (Å²) in [5.74, 6) is 0.789. The molecule has 0 spiro atoms. The van der Waals surface area contributed by atoms with E-state index in [1.807, 2.05) is 0 Å². The first kappa shape index (κ1) is 12.3. The number of aliphatic hydroxyl groups is 1. The monoisotopic (exact) mass is 226 g/mol. The van der Waals surface area contributed by atoms with Gasteiger partial charge in [0.1, 0.15) is 0 Å². The van der Waals surface area contributed by atoms with Crippen LogP contribution in [-0.2, 0) is 0 Å². The Morgan fingerprint density at radius 2 is 1.56 bits per heavy atom. The number of piperidine rings is 1. The molecule has 2 saturated heterocycles. The van der Waals surface area contributed by atoms with Gasteiger partial charge in [-0.3, -0.25) is 0 Å². The van der Waals surface area contributed by atoms with Crippen molar-refractivity contribution in [1.82, 2.24) is 9.80 Å². The van der Waals surface area contributed by atoms with E-state index in [2.05, 4.69) is 9.80 Å². The van der Waals surface area contributed by atoms with Crippen LogP contribution in [-0.4, -0.2) is 60.8 Å². The third-order valence-corrected chi connectivity index (χ3v) is 4.14. The van der Waals surface area contributed by atoms with Crippen molar-refractivity contribution < 1.29 is 5.11 Å². The van der Waals surface area contributed by atoms with Gasteiger partial charge in [-0.2, -0.15) is 0 Å². The lowest BCUT2D eigenvalue weighted by Crippen LogP contribution is -2.40. The first-order valence-electron chi connectivity index (χ1n) is 6.94. The Morgan fingerprint density at radius 1 is 0.938 bits per heavy atom. The Labute approximate surface area is 99.4 Å². The van der Waals surface area contributed by atoms with Crippen LogP contribution in [0.25, 0.3) is 0 Å². The van der Waals surface area contributed by atoms with Crippen LogP contribution in [0.5, 0.6) is 0 Å². The number of likely N-dealkylation sites (tertiary alicyclic amines) is 2. The molecule has 0 bridgehead atoms. The molecule has 0 radical (unpaired) electrons. The Bertz CT molecular complexity index is 186. The lowest BCUT2D eigenvalue weighted by atomic mass is 9.94. The Morgan fingerprint density at radius 3 is 2.06 bits per heavy atom. The molecule has 0 aliphatic carbocycles. The summed E-state index contributed by atoms with van der Waals surface area (Å²) in [4.78, 5) is 5.16. The van der Waals surface area contributed by atoms with Crippen LogP contribution in [0.2, 0.25) is 0 Å². The van der Waals surface area contributed by atoms with Crippen LogP contribution in [0.15, 0.2) is 0 Å². The molecule has 2 aliphatic heterocycles. The second-order valence-corrected chi connectivity index (χ2v) is 5.35. The summed E-state index contributed by atoms with van der Waals surface area (Å²) in [6, 6.07) is 0. The zero-order valence-electron chi connectivity index (χ0n) is 10.4. The summed E-state index contributed by atoms with van der Waals surface area (Å²) in [6.07, 6.45) is 6.35. The van der Waals surface area contributed by atoms with E-state index in [1.165, 1.54) is 65.0 Å². The van der Waals surface area contributed by atoms with Gasteiger partial charge in [0.05, 0.1) is 0 Å². The SMILES string of the molecule is OCCC1CCN(CCCN2CCC2)CC1. The molecule has 0 saturated carbocycles. The first-order chi connectivity index (χ1) is 7.88. The maximum absolute atomic E-state index is 8.90. The molecular formula is C13H26N2O. The van der Waals surface area contributed by atoms with Gasteiger partial charge in [0.15, 0.2) is 0 Å². The van der Waals surface area contributed by atoms with E-state index in [-0.39, 0.29) is 0 Å². The van der Waals surface area contributed by atoms with Crippen molar-refractivity contribution >= 4 is 0 Å².